The van der Waals surface area contributed by atoms with Crippen LogP contribution in [0.5, 0.6) is 0 Å². The van der Waals surface area contributed by atoms with Gasteiger partial charge in [-0.2, -0.15) is 0 Å². The molecule has 0 aliphatic carbocycles. The third-order valence-electron chi connectivity index (χ3n) is 13.9. The molecule has 5 heteroatoms. The maximum absolute atomic E-state index is 5.24. The summed E-state index contributed by atoms with van der Waals surface area (Å²) in [6.07, 6.45) is 0. The Hall–Kier alpha value is -9.45. The summed E-state index contributed by atoms with van der Waals surface area (Å²) in [5.74, 6) is 0.723. The molecule has 326 valence electrons. The van der Waals surface area contributed by atoms with Crippen molar-refractivity contribution in [2.45, 2.75) is 0 Å². The summed E-state index contributed by atoms with van der Waals surface area (Å²) in [5, 5.41) is 8.22. The average Bonchev–Trinajstić information content (AvgIpc) is 3.95. The van der Waals surface area contributed by atoms with Crippen molar-refractivity contribution in [1.29, 1.82) is 0 Å². The minimum atomic E-state index is 0.723. The van der Waals surface area contributed by atoms with Crippen molar-refractivity contribution in [2.75, 3.05) is 0 Å². The van der Waals surface area contributed by atoms with Gasteiger partial charge in [0.15, 0.2) is 5.82 Å². The van der Waals surface area contributed by atoms with Crippen molar-refractivity contribution in [3.8, 4) is 67.7 Å². The Bertz CT molecular complexity index is 4040. The third kappa shape index (κ3) is 6.51. The topological polar surface area (TPSA) is 48.5 Å². The Morgan fingerprint density at radius 3 is 1.29 bits per heavy atom. The molecule has 14 rings (SSSR count). The molecule has 0 saturated heterocycles. The Morgan fingerprint density at radius 2 is 0.700 bits per heavy atom. The lowest BCUT2D eigenvalue weighted by Gasteiger charge is -2.12. The molecule has 4 heterocycles. The van der Waals surface area contributed by atoms with Crippen molar-refractivity contribution in [3.05, 3.63) is 249 Å². The summed E-state index contributed by atoms with van der Waals surface area (Å²) < 4.78 is 4.77. The Labute approximate surface area is 403 Å². The maximum atomic E-state index is 5.24. The second-order valence-electron chi connectivity index (χ2n) is 18.0. The van der Waals surface area contributed by atoms with Gasteiger partial charge in [-0.1, -0.05) is 176 Å². The number of pyridine rings is 1. The van der Waals surface area contributed by atoms with Crippen LogP contribution in [0.15, 0.2) is 249 Å². The lowest BCUT2D eigenvalue weighted by Crippen LogP contribution is -1.96. The van der Waals surface area contributed by atoms with E-state index in [2.05, 4.69) is 228 Å². The van der Waals surface area contributed by atoms with Crippen molar-refractivity contribution >= 4 is 65.3 Å². The van der Waals surface area contributed by atoms with E-state index in [-0.39, 0.29) is 0 Å². The highest BCUT2D eigenvalue weighted by Gasteiger charge is 2.18. The highest BCUT2D eigenvalue weighted by molar-refractivity contribution is 6.13. The van der Waals surface area contributed by atoms with Crippen molar-refractivity contribution in [2.24, 2.45) is 0 Å². The van der Waals surface area contributed by atoms with Crippen LogP contribution in [0.25, 0.3) is 133 Å². The fourth-order valence-electron chi connectivity index (χ4n) is 10.6. The quantitative estimate of drug-likeness (QED) is 0.160. The minimum Gasteiger partial charge on any atom is -0.309 e. The van der Waals surface area contributed by atoms with E-state index in [4.69, 9.17) is 15.0 Å². The normalized spacial score (nSPS) is 11.7. The number of nitrogens with zero attached hydrogens (tertiary/aromatic N) is 5. The molecule has 0 unspecified atom stereocenters. The van der Waals surface area contributed by atoms with Crippen LogP contribution >= 0.6 is 0 Å². The van der Waals surface area contributed by atoms with Crippen LogP contribution in [-0.4, -0.2) is 24.1 Å². The third-order valence-corrected chi connectivity index (χ3v) is 13.9. The van der Waals surface area contributed by atoms with Gasteiger partial charge in [-0.3, -0.25) is 0 Å². The highest BCUT2D eigenvalue weighted by atomic mass is 15.0. The summed E-state index contributed by atoms with van der Waals surface area (Å²) >= 11 is 0. The van der Waals surface area contributed by atoms with Crippen LogP contribution in [0.1, 0.15) is 0 Å². The number of para-hydroxylation sites is 3. The predicted octanol–water partition coefficient (Wildman–Crippen LogP) is 16.7. The minimum absolute atomic E-state index is 0.723. The first-order valence-corrected chi connectivity index (χ1v) is 23.8. The first-order chi connectivity index (χ1) is 34.7. The highest BCUT2D eigenvalue weighted by Crippen LogP contribution is 2.40. The number of hydrogen-bond acceptors (Lipinski definition) is 3. The zero-order chi connectivity index (χ0) is 46.1. The number of rotatable bonds is 7. The lowest BCUT2D eigenvalue weighted by molar-refractivity contribution is 1.18. The molecular formula is C65H41N5. The zero-order valence-corrected chi connectivity index (χ0v) is 37.9. The molecule has 0 saturated carbocycles. The Balaban J connectivity index is 0.833. The van der Waals surface area contributed by atoms with E-state index in [0.29, 0.717) is 0 Å². The van der Waals surface area contributed by atoms with Crippen LogP contribution in [0, 0.1) is 0 Å². The molecule has 14 aromatic rings. The molecular weight excluding hydrogens is 851 g/mol. The van der Waals surface area contributed by atoms with E-state index < -0.39 is 0 Å². The Morgan fingerprint density at radius 1 is 0.257 bits per heavy atom. The van der Waals surface area contributed by atoms with Gasteiger partial charge >= 0.3 is 0 Å². The van der Waals surface area contributed by atoms with Gasteiger partial charge in [0.25, 0.3) is 0 Å². The van der Waals surface area contributed by atoms with Crippen LogP contribution in [-0.2, 0) is 0 Å². The van der Waals surface area contributed by atoms with E-state index >= 15 is 0 Å². The molecule has 0 aliphatic rings. The van der Waals surface area contributed by atoms with E-state index in [1.165, 1.54) is 54.6 Å². The van der Waals surface area contributed by atoms with E-state index in [9.17, 15) is 0 Å². The molecule has 0 spiro atoms. The van der Waals surface area contributed by atoms with Crippen LogP contribution in [0.4, 0.5) is 0 Å². The largest absolute Gasteiger partial charge is 0.309 e. The fraction of sp³-hybridized carbons (Fsp3) is 0. The van der Waals surface area contributed by atoms with Crippen molar-refractivity contribution in [1.82, 2.24) is 24.1 Å². The summed E-state index contributed by atoms with van der Waals surface area (Å²) in [4.78, 5) is 15.3. The second-order valence-corrected chi connectivity index (χ2v) is 18.0. The van der Waals surface area contributed by atoms with E-state index in [0.717, 1.165) is 78.3 Å². The van der Waals surface area contributed by atoms with Gasteiger partial charge in [0.1, 0.15) is 0 Å². The van der Waals surface area contributed by atoms with Crippen LogP contribution < -0.4 is 0 Å². The summed E-state index contributed by atoms with van der Waals surface area (Å²) in [5.41, 5.74) is 17.3. The number of hydrogen-bond donors (Lipinski definition) is 0. The summed E-state index contributed by atoms with van der Waals surface area (Å²) in [7, 11) is 0. The Kier molecular flexibility index (Phi) is 9.14. The number of fused-ring (bicyclic) bond motifs is 8. The van der Waals surface area contributed by atoms with Crippen molar-refractivity contribution < 1.29 is 0 Å². The summed E-state index contributed by atoms with van der Waals surface area (Å²) in [6.45, 7) is 0. The van der Waals surface area contributed by atoms with Gasteiger partial charge in [-0.25, -0.2) is 15.0 Å². The molecule has 0 N–H and O–H groups in total. The maximum Gasteiger partial charge on any atom is 0.160 e. The van der Waals surface area contributed by atoms with Crippen LogP contribution in [0.2, 0.25) is 0 Å². The lowest BCUT2D eigenvalue weighted by atomic mass is 10.0. The van der Waals surface area contributed by atoms with Gasteiger partial charge < -0.3 is 9.13 Å². The van der Waals surface area contributed by atoms with Gasteiger partial charge in [-0.05, 0) is 89.3 Å². The average molecular weight is 892 g/mol. The molecule has 70 heavy (non-hydrogen) atoms. The molecule has 0 fully saturated rings. The van der Waals surface area contributed by atoms with Crippen molar-refractivity contribution in [3.63, 3.8) is 0 Å². The monoisotopic (exact) mass is 891 g/mol. The molecule has 0 atom stereocenters. The molecule has 0 radical (unpaired) electrons. The summed E-state index contributed by atoms with van der Waals surface area (Å²) in [6, 6.07) is 88.7. The zero-order valence-electron chi connectivity index (χ0n) is 37.9. The smallest absolute Gasteiger partial charge is 0.160 e. The van der Waals surface area contributed by atoms with Gasteiger partial charge in [0.2, 0.25) is 0 Å². The molecule has 5 nitrogen and oxygen atoms in total. The fourth-order valence-corrected chi connectivity index (χ4v) is 10.6. The molecule has 0 amide bonds. The molecule has 4 aromatic heterocycles. The van der Waals surface area contributed by atoms with Gasteiger partial charge in [0, 0.05) is 65.9 Å². The van der Waals surface area contributed by atoms with Gasteiger partial charge in [0.05, 0.1) is 44.7 Å². The molecule has 0 bridgehead atoms. The standard InChI is InChI=1S/C65H41N5/c1-3-15-42(16-4-1)58-41-48-19-7-8-20-51(48)63(66-58)43-27-33-49(34-28-43)69-59-25-13-10-21-52(59)55-39-46(31-37-61(55)69)47-32-38-62-56(40-47)53-22-11-14-26-60(53)70(62)50-35-29-44(30-36-50)64-54-23-9-12-24-57(54)67-65(68-64)45-17-5-2-6-18-45/h1-41H. The SMILES string of the molecule is c1ccc(-c2cc3ccccc3c(-c3ccc(-n4c5ccccc5c5cc(-c6ccc7c(c6)c6ccccc6n7-c6ccc(-c7nc(-c8ccccc8)nc8ccccc78)cc6)ccc54)cc3)n2)cc1. The second kappa shape index (κ2) is 16.1. The van der Waals surface area contributed by atoms with Crippen LogP contribution in [0.3, 0.4) is 0 Å². The number of aromatic nitrogens is 5. The molecule has 0 aliphatic heterocycles. The number of benzene rings is 10. The predicted molar refractivity (Wildman–Crippen MR) is 291 cm³/mol. The van der Waals surface area contributed by atoms with E-state index in [1.54, 1.807) is 0 Å². The molecule has 10 aromatic carbocycles. The first-order valence-electron chi connectivity index (χ1n) is 23.8. The first kappa shape index (κ1) is 39.7. The van der Waals surface area contributed by atoms with E-state index in [1.807, 2.05) is 30.3 Å². The van der Waals surface area contributed by atoms with Gasteiger partial charge in [-0.15, -0.1) is 0 Å².